The first-order chi connectivity index (χ1) is 8.42. The smallest absolute Gasteiger partial charge is 0.394 e. The molecule has 0 spiro atoms. The highest BCUT2D eigenvalue weighted by molar-refractivity contribution is 7.80. The van der Waals surface area contributed by atoms with Crippen LogP contribution in [0.3, 0.4) is 0 Å². The Kier molecular flexibility index (Phi) is 5.70. The quantitative estimate of drug-likeness (QED) is 0.613. The molecule has 2 atom stereocenters. The Morgan fingerprint density at radius 2 is 1.83 bits per heavy atom. The SMILES string of the molecule is O=S(=O)(O)O[C@@H](CO)[C@H](O)CCc1ccccc1. The van der Waals surface area contributed by atoms with Gasteiger partial charge in [-0.1, -0.05) is 30.3 Å². The van der Waals surface area contributed by atoms with Crippen LogP contribution >= 0.6 is 0 Å². The number of hydrogen-bond donors (Lipinski definition) is 3. The summed E-state index contributed by atoms with van der Waals surface area (Å²) in [6, 6.07) is 9.28. The minimum Gasteiger partial charge on any atom is -0.394 e. The third-order valence-electron chi connectivity index (χ3n) is 2.43. The van der Waals surface area contributed by atoms with Crippen LogP contribution in [-0.2, 0) is 21.0 Å². The molecule has 1 aromatic rings. The average Bonchev–Trinajstić information content (AvgIpc) is 2.33. The van der Waals surface area contributed by atoms with Gasteiger partial charge in [0.05, 0.1) is 12.7 Å². The molecule has 0 fully saturated rings. The monoisotopic (exact) mass is 276 g/mol. The Bertz CT molecular complexity index is 444. The fourth-order valence-corrected chi connectivity index (χ4v) is 2.02. The summed E-state index contributed by atoms with van der Waals surface area (Å²) in [5.74, 6) is 0. The summed E-state index contributed by atoms with van der Waals surface area (Å²) in [6.07, 6.45) is -1.82. The number of aliphatic hydroxyl groups is 2. The number of aliphatic hydroxyl groups excluding tert-OH is 2. The molecule has 0 aromatic heterocycles. The Hall–Kier alpha value is -0.990. The summed E-state index contributed by atoms with van der Waals surface area (Å²) in [5, 5.41) is 18.6. The molecular formula is C11H16O6S. The normalized spacial score (nSPS) is 15.3. The molecule has 7 heteroatoms. The maximum absolute atomic E-state index is 10.5. The van der Waals surface area contributed by atoms with Crippen LogP contribution in [-0.4, -0.2) is 42.0 Å². The first-order valence-electron chi connectivity index (χ1n) is 5.41. The highest BCUT2D eigenvalue weighted by Gasteiger charge is 2.24. The molecule has 0 unspecified atom stereocenters. The van der Waals surface area contributed by atoms with Crippen LogP contribution in [0.1, 0.15) is 12.0 Å². The van der Waals surface area contributed by atoms with E-state index in [0.717, 1.165) is 5.56 Å². The molecule has 3 N–H and O–H groups in total. The molecule has 0 amide bonds. The van der Waals surface area contributed by atoms with Crippen molar-refractivity contribution in [1.29, 1.82) is 0 Å². The Morgan fingerprint density at radius 1 is 1.22 bits per heavy atom. The van der Waals surface area contributed by atoms with E-state index < -0.39 is 29.2 Å². The Labute approximate surface area is 106 Å². The first-order valence-corrected chi connectivity index (χ1v) is 6.77. The summed E-state index contributed by atoms with van der Waals surface area (Å²) in [6.45, 7) is -0.699. The largest absolute Gasteiger partial charge is 0.397 e. The van der Waals surface area contributed by atoms with Gasteiger partial charge in [0.1, 0.15) is 6.10 Å². The summed E-state index contributed by atoms with van der Waals surface area (Å²) in [4.78, 5) is 0. The van der Waals surface area contributed by atoms with Crippen molar-refractivity contribution in [3.63, 3.8) is 0 Å². The van der Waals surface area contributed by atoms with Crippen molar-refractivity contribution in [3.05, 3.63) is 35.9 Å². The van der Waals surface area contributed by atoms with E-state index >= 15 is 0 Å². The zero-order valence-corrected chi connectivity index (χ0v) is 10.5. The molecule has 0 saturated carbocycles. The molecule has 102 valence electrons. The second kappa shape index (κ2) is 6.81. The van der Waals surface area contributed by atoms with Crippen LogP contribution in [0.4, 0.5) is 0 Å². The van der Waals surface area contributed by atoms with Crippen molar-refractivity contribution in [2.75, 3.05) is 6.61 Å². The van der Waals surface area contributed by atoms with Crippen molar-refractivity contribution >= 4 is 10.4 Å². The molecular weight excluding hydrogens is 260 g/mol. The summed E-state index contributed by atoms with van der Waals surface area (Å²) >= 11 is 0. The molecule has 1 aromatic carbocycles. The van der Waals surface area contributed by atoms with Gasteiger partial charge in [-0.25, -0.2) is 4.18 Å². The molecule has 0 radical (unpaired) electrons. The molecule has 0 aliphatic carbocycles. The van der Waals surface area contributed by atoms with Gasteiger partial charge in [0.2, 0.25) is 0 Å². The maximum atomic E-state index is 10.5. The second-order valence-electron chi connectivity index (χ2n) is 3.84. The number of benzene rings is 1. The van der Waals surface area contributed by atoms with Crippen molar-refractivity contribution in [2.45, 2.75) is 25.0 Å². The second-order valence-corrected chi connectivity index (χ2v) is 4.88. The van der Waals surface area contributed by atoms with Crippen molar-refractivity contribution in [1.82, 2.24) is 0 Å². The van der Waals surface area contributed by atoms with Crippen LogP contribution < -0.4 is 0 Å². The van der Waals surface area contributed by atoms with Crippen molar-refractivity contribution in [3.8, 4) is 0 Å². The lowest BCUT2D eigenvalue weighted by molar-refractivity contribution is -0.00404. The van der Waals surface area contributed by atoms with E-state index in [1.54, 1.807) is 0 Å². The standard InChI is InChI=1S/C11H16O6S/c12-8-11(17-18(14,15)16)10(13)7-6-9-4-2-1-3-5-9/h1-5,10-13H,6-8H2,(H,14,15,16)/t10-,11+/m1/s1. The predicted octanol–water partition coefficient (Wildman–Crippen LogP) is 0.160. The summed E-state index contributed by atoms with van der Waals surface area (Å²) in [5.41, 5.74) is 0.972. The van der Waals surface area contributed by atoms with Gasteiger partial charge in [-0.2, -0.15) is 8.42 Å². The van der Waals surface area contributed by atoms with Gasteiger partial charge in [-0.05, 0) is 18.4 Å². The van der Waals surface area contributed by atoms with E-state index in [2.05, 4.69) is 4.18 Å². The van der Waals surface area contributed by atoms with Gasteiger partial charge < -0.3 is 10.2 Å². The molecule has 0 heterocycles. The highest BCUT2D eigenvalue weighted by Crippen LogP contribution is 2.11. The zero-order valence-electron chi connectivity index (χ0n) is 9.64. The summed E-state index contributed by atoms with van der Waals surface area (Å²) in [7, 11) is -4.68. The van der Waals surface area contributed by atoms with Crippen molar-refractivity contribution < 1.29 is 27.4 Å². The van der Waals surface area contributed by atoms with Crippen LogP contribution in [0, 0.1) is 0 Å². The van der Waals surface area contributed by atoms with E-state index in [9.17, 15) is 13.5 Å². The van der Waals surface area contributed by atoms with Crippen LogP contribution in [0.5, 0.6) is 0 Å². The topological polar surface area (TPSA) is 104 Å². The van der Waals surface area contributed by atoms with Gasteiger partial charge in [0.25, 0.3) is 0 Å². The van der Waals surface area contributed by atoms with Crippen LogP contribution in [0.2, 0.25) is 0 Å². The molecule has 0 saturated heterocycles. The third kappa shape index (κ3) is 5.56. The Morgan fingerprint density at radius 3 is 2.33 bits per heavy atom. The van der Waals surface area contributed by atoms with E-state index in [0.29, 0.717) is 6.42 Å². The molecule has 0 aliphatic heterocycles. The van der Waals surface area contributed by atoms with Gasteiger partial charge in [-0.3, -0.25) is 4.55 Å². The highest BCUT2D eigenvalue weighted by atomic mass is 32.3. The third-order valence-corrected chi connectivity index (χ3v) is 2.92. The predicted molar refractivity (Wildman–Crippen MR) is 64.3 cm³/mol. The van der Waals surface area contributed by atoms with Gasteiger partial charge in [0, 0.05) is 0 Å². The lowest BCUT2D eigenvalue weighted by Gasteiger charge is -2.19. The maximum Gasteiger partial charge on any atom is 0.397 e. The first kappa shape index (κ1) is 15.1. The fraction of sp³-hybridized carbons (Fsp3) is 0.455. The molecule has 0 aliphatic rings. The molecule has 18 heavy (non-hydrogen) atoms. The number of rotatable bonds is 7. The van der Waals surface area contributed by atoms with E-state index in [4.69, 9.17) is 9.66 Å². The van der Waals surface area contributed by atoms with Gasteiger partial charge in [0.15, 0.2) is 0 Å². The summed E-state index contributed by atoms with van der Waals surface area (Å²) < 4.78 is 33.6. The minimum atomic E-state index is -4.68. The lowest BCUT2D eigenvalue weighted by atomic mass is 10.0. The number of hydrogen-bond acceptors (Lipinski definition) is 5. The minimum absolute atomic E-state index is 0.213. The lowest BCUT2D eigenvalue weighted by Crippen LogP contribution is -2.34. The van der Waals surface area contributed by atoms with E-state index in [-0.39, 0.29) is 6.42 Å². The van der Waals surface area contributed by atoms with E-state index in [1.807, 2.05) is 30.3 Å². The van der Waals surface area contributed by atoms with Gasteiger partial charge >= 0.3 is 10.4 Å². The molecule has 6 nitrogen and oxygen atoms in total. The average molecular weight is 276 g/mol. The van der Waals surface area contributed by atoms with Gasteiger partial charge in [-0.15, -0.1) is 0 Å². The number of aryl methyl sites for hydroxylation is 1. The van der Waals surface area contributed by atoms with Crippen molar-refractivity contribution in [2.24, 2.45) is 0 Å². The fourth-order valence-electron chi connectivity index (χ4n) is 1.52. The van der Waals surface area contributed by atoms with Crippen LogP contribution in [0.15, 0.2) is 30.3 Å². The zero-order chi connectivity index (χ0) is 13.6. The van der Waals surface area contributed by atoms with Crippen LogP contribution in [0.25, 0.3) is 0 Å². The molecule has 1 rings (SSSR count). The Balaban J connectivity index is 2.50. The molecule has 0 bridgehead atoms. The van der Waals surface area contributed by atoms with E-state index in [1.165, 1.54) is 0 Å².